The highest BCUT2D eigenvalue weighted by Gasteiger charge is 2.13. The lowest BCUT2D eigenvalue weighted by Gasteiger charge is -2.13. The van der Waals surface area contributed by atoms with Gasteiger partial charge in [-0.15, -0.1) is 11.8 Å². The molecule has 6 heteroatoms. The Balaban J connectivity index is 2.76. The van der Waals surface area contributed by atoms with Gasteiger partial charge in [0.05, 0.1) is 21.3 Å². The van der Waals surface area contributed by atoms with Gasteiger partial charge in [0.25, 0.3) is 0 Å². The summed E-state index contributed by atoms with van der Waals surface area (Å²) in [5.74, 6) is 1.38. The molecule has 19 heavy (non-hydrogen) atoms. The number of carboxylic acids is 1. The summed E-state index contributed by atoms with van der Waals surface area (Å²) in [4.78, 5) is 11.3. The molecule has 106 valence electrons. The second-order valence-electron chi connectivity index (χ2n) is 3.69. The summed E-state index contributed by atoms with van der Waals surface area (Å²) in [6, 6.07) is 3.68. The maximum absolute atomic E-state index is 10.3. The molecule has 0 saturated heterocycles. The molecule has 0 N–H and O–H groups in total. The number of rotatable bonds is 8. The van der Waals surface area contributed by atoms with Gasteiger partial charge in [0, 0.05) is 10.9 Å². The second kappa shape index (κ2) is 7.78. The van der Waals surface area contributed by atoms with Crippen LogP contribution in [-0.2, 0) is 4.79 Å². The van der Waals surface area contributed by atoms with E-state index in [9.17, 15) is 9.90 Å². The lowest BCUT2D eigenvalue weighted by Crippen LogP contribution is -2.21. The Morgan fingerprint density at radius 2 is 1.74 bits per heavy atom. The summed E-state index contributed by atoms with van der Waals surface area (Å²) < 4.78 is 15.7. The highest BCUT2D eigenvalue weighted by Crippen LogP contribution is 2.40. The Morgan fingerprint density at radius 3 is 2.16 bits per heavy atom. The number of thioether (sulfide) groups is 1. The lowest BCUT2D eigenvalue weighted by molar-refractivity contribution is -0.305. The first-order valence-electron chi connectivity index (χ1n) is 5.75. The molecule has 0 saturated carbocycles. The first-order chi connectivity index (χ1) is 9.12. The normalized spacial score (nSPS) is 10.1. The van der Waals surface area contributed by atoms with Gasteiger partial charge in [-0.2, -0.15) is 0 Å². The molecule has 0 aromatic heterocycles. The van der Waals surface area contributed by atoms with Crippen molar-refractivity contribution in [2.24, 2.45) is 0 Å². The Hall–Kier alpha value is -1.56. The monoisotopic (exact) mass is 285 g/mol. The molecule has 0 spiro atoms. The molecule has 1 aromatic rings. The zero-order valence-electron chi connectivity index (χ0n) is 11.2. The molecule has 0 radical (unpaired) electrons. The predicted molar refractivity (Wildman–Crippen MR) is 71.1 cm³/mol. The van der Waals surface area contributed by atoms with Crippen LogP contribution in [0.1, 0.15) is 12.8 Å². The van der Waals surface area contributed by atoms with Gasteiger partial charge in [0.2, 0.25) is 5.75 Å². The number of methoxy groups -OCH3 is 3. The van der Waals surface area contributed by atoms with Crippen LogP contribution in [0.25, 0.3) is 0 Å². The zero-order valence-corrected chi connectivity index (χ0v) is 12.0. The molecule has 0 heterocycles. The Bertz CT molecular complexity index is 408. The second-order valence-corrected chi connectivity index (χ2v) is 4.85. The van der Waals surface area contributed by atoms with Gasteiger partial charge in [0.1, 0.15) is 0 Å². The molecule has 0 aliphatic carbocycles. The fourth-order valence-corrected chi connectivity index (χ4v) is 2.45. The van der Waals surface area contributed by atoms with E-state index in [-0.39, 0.29) is 6.42 Å². The van der Waals surface area contributed by atoms with Crippen molar-refractivity contribution >= 4 is 17.7 Å². The molecule has 0 fully saturated rings. The van der Waals surface area contributed by atoms with Gasteiger partial charge in [-0.3, -0.25) is 0 Å². The third-order valence-electron chi connectivity index (χ3n) is 2.43. The predicted octanol–water partition coefficient (Wildman–Crippen LogP) is 1.33. The summed E-state index contributed by atoms with van der Waals surface area (Å²) >= 11 is 1.53. The van der Waals surface area contributed by atoms with E-state index < -0.39 is 5.97 Å². The first-order valence-corrected chi connectivity index (χ1v) is 6.73. The van der Waals surface area contributed by atoms with Gasteiger partial charge in [-0.05, 0) is 30.7 Å². The van der Waals surface area contributed by atoms with E-state index in [4.69, 9.17) is 14.2 Å². The van der Waals surface area contributed by atoms with Crippen LogP contribution in [0, 0.1) is 0 Å². The first kappa shape index (κ1) is 15.5. The molecular weight excluding hydrogens is 268 g/mol. The van der Waals surface area contributed by atoms with Crippen LogP contribution in [0.4, 0.5) is 0 Å². The van der Waals surface area contributed by atoms with Crippen LogP contribution in [0.3, 0.4) is 0 Å². The number of carbonyl (C=O) groups is 1. The van der Waals surface area contributed by atoms with E-state index in [1.165, 1.54) is 11.8 Å². The quantitative estimate of drug-likeness (QED) is 0.530. The highest BCUT2D eigenvalue weighted by atomic mass is 32.2. The number of ether oxygens (including phenoxy) is 3. The van der Waals surface area contributed by atoms with Crippen molar-refractivity contribution in [2.75, 3.05) is 27.1 Å². The molecule has 1 aromatic carbocycles. The van der Waals surface area contributed by atoms with Gasteiger partial charge in [-0.25, -0.2) is 0 Å². The standard InChI is InChI=1S/C13H18O5S/c1-16-10-7-9(19-6-4-5-12(14)15)8-11(17-2)13(10)18-3/h7-8H,4-6H2,1-3H3,(H,14,15)/p-1. The molecule has 0 aliphatic heterocycles. The largest absolute Gasteiger partial charge is 0.550 e. The van der Waals surface area contributed by atoms with Crippen molar-refractivity contribution < 1.29 is 24.1 Å². The van der Waals surface area contributed by atoms with Gasteiger partial charge >= 0.3 is 0 Å². The minimum atomic E-state index is -1.02. The maximum Gasteiger partial charge on any atom is 0.203 e. The number of aliphatic carboxylic acids is 1. The molecule has 0 atom stereocenters. The summed E-state index contributed by atoms with van der Waals surface area (Å²) in [5.41, 5.74) is 0. The number of carbonyl (C=O) groups excluding carboxylic acids is 1. The number of carboxylic acid groups (broad SMARTS) is 1. The van der Waals surface area contributed by atoms with Crippen molar-refractivity contribution in [3.05, 3.63) is 12.1 Å². The number of hydrogen-bond acceptors (Lipinski definition) is 6. The van der Waals surface area contributed by atoms with Crippen molar-refractivity contribution in [1.29, 1.82) is 0 Å². The van der Waals surface area contributed by atoms with E-state index in [0.717, 1.165) is 4.90 Å². The third-order valence-corrected chi connectivity index (χ3v) is 3.49. The van der Waals surface area contributed by atoms with Gasteiger partial charge in [-0.1, -0.05) is 0 Å². The minimum absolute atomic E-state index is 0.0669. The van der Waals surface area contributed by atoms with E-state index in [2.05, 4.69) is 0 Å². The van der Waals surface area contributed by atoms with Crippen molar-refractivity contribution in [3.63, 3.8) is 0 Å². The molecule has 5 nitrogen and oxygen atoms in total. The Morgan fingerprint density at radius 1 is 1.16 bits per heavy atom. The minimum Gasteiger partial charge on any atom is -0.550 e. The van der Waals surface area contributed by atoms with Crippen LogP contribution in [0.2, 0.25) is 0 Å². The average molecular weight is 285 g/mol. The zero-order chi connectivity index (χ0) is 14.3. The maximum atomic E-state index is 10.3. The van der Waals surface area contributed by atoms with Crippen LogP contribution >= 0.6 is 11.8 Å². The summed E-state index contributed by atoms with van der Waals surface area (Å²) in [7, 11) is 4.66. The summed E-state index contributed by atoms with van der Waals surface area (Å²) in [5, 5.41) is 10.3. The smallest absolute Gasteiger partial charge is 0.203 e. The van der Waals surface area contributed by atoms with E-state index >= 15 is 0 Å². The van der Waals surface area contributed by atoms with Gasteiger partial charge < -0.3 is 24.1 Å². The van der Waals surface area contributed by atoms with Crippen molar-refractivity contribution in [3.8, 4) is 17.2 Å². The summed E-state index contributed by atoms with van der Waals surface area (Å²) in [6.45, 7) is 0. The van der Waals surface area contributed by atoms with Crippen molar-refractivity contribution in [2.45, 2.75) is 17.7 Å². The van der Waals surface area contributed by atoms with Crippen LogP contribution in [0.15, 0.2) is 17.0 Å². The van der Waals surface area contributed by atoms with E-state index in [1.807, 2.05) is 12.1 Å². The topological polar surface area (TPSA) is 67.8 Å². The molecule has 0 bridgehead atoms. The highest BCUT2D eigenvalue weighted by molar-refractivity contribution is 7.99. The third kappa shape index (κ3) is 4.55. The Kier molecular flexibility index (Phi) is 6.35. The fraction of sp³-hybridized carbons (Fsp3) is 0.462. The summed E-state index contributed by atoms with van der Waals surface area (Å²) in [6.07, 6.45) is 0.626. The van der Waals surface area contributed by atoms with Crippen LogP contribution in [0.5, 0.6) is 17.2 Å². The molecule has 0 unspecified atom stereocenters. The van der Waals surface area contributed by atoms with Crippen LogP contribution in [-0.4, -0.2) is 33.1 Å². The van der Waals surface area contributed by atoms with Crippen molar-refractivity contribution in [1.82, 2.24) is 0 Å². The van der Waals surface area contributed by atoms with Crippen LogP contribution < -0.4 is 19.3 Å². The van der Waals surface area contributed by atoms with E-state index in [1.54, 1.807) is 21.3 Å². The lowest BCUT2D eigenvalue weighted by atomic mass is 10.3. The fourth-order valence-electron chi connectivity index (χ4n) is 1.55. The van der Waals surface area contributed by atoms with Gasteiger partial charge in [0.15, 0.2) is 11.5 Å². The molecule has 0 amide bonds. The number of hydrogen-bond donors (Lipinski definition) is 0. The molecule has 0 aliphatic rings. The molecule has 1 rings (SSSR count). The Labute approximate surface area is 116 Å². The average Bonchev–Trinajstić information content (AvgIpc) is 2.42. The SMILES string of the molecule is COc1cc(SCCCC(=O)[O-])cc(OC)c1OC. The van der Waals surface area contributed by atoms with E-state index in [0.29, 0.717) is 29.4 Å². The number of benzene rings is 1. The molecular formula is C13H17O5S-.